The van der Waals surface area contributed by atoms with Gasteiger partial charge in [-0.1, -0.05) is 38.1 Å². The van der Waals surface area contributed by atoms with Crippen LogP contribution in [0.5, 0.6) is 0 Å². The smallest absolute Gasteiger partial charge is 0.113 e. The van der Waals surface area contributed by atoms with Gasteiger partial charge in [-0.3, -0.25) is 0 Å². The molecule has 0 spiro atoms. The minimum absolute atomic E-state index is 0.450. The Kier molecular flexibility index (Phi) is 5.36. The van der Waals surface area contributed by atoms with Crippen LogP contribution in [0.4, 0.5) is 0 Å². The Labute approximate surface area is 122 Å². The van der Waals surface area contributed by atoms with Gasteiger partial charge in [0.15, 0.2) is 0 Å². The summed E-state index contributed by atoms with van der Waals surface area (Å²) in [4.78, 5) is 4.47. The molecule has 2 rings (SSSR count). The second-order valence-electron chi connectivity index (χ2n) is 5.20. The van der Waals surface area contributed by atoms with Crippen molar-refractivity contribution in [3.05, 3.63) is 53.6 Å². The van der Waals surface area contributed by atoms with Gasteiger partial charge in [0.25, 0.3) is 0 Å². The van der Waals surface area contributed by atoms with Crippen molar-refractivity contribution < 1.29 is 0 Å². The molecule has 0 fully saturated rings. The Balaban J connectivity index is 2.08. The predicted octanol–water partition coefficient (Wildman–Crippen LogP) is 3.55. The van der Waals surface area contributed by atoms with Crippen LogP contribution in [0.2, 0.25) is 0 Å². The van der Waals surface area contributed by atoms with Gasteiger partial charge in [-0.25, -0.2) is 4.98 Å². The average Bonchev–Trinajstić information content (AvgIpc) is 2.90. The molecule has 0 aliphatic rings. The van der Waals surface area contributed by atoms with Crippen LogP contribution in [0.1, 0.15) is 49.7 Å². The first-order valence-corrected chi connectivity index (χ1v) is 7.54. The van der Waals surface area contributed by atoms with Gasteiger partial charge in [0, 0.05) is 31.4 Å². The summed E-state index contributed by atoms with van der Waals surface area (Å²) < 4.78 is 2.25. The van der Waals surface area contributed by atoms with Gasteiger partial charge in [-0.15, -0.1) is 0 Å². The maximum absolute atomic E-state index is 4.47. The fourth-order valence-corrected chi connectivity index (χ4v) is 2.61. The summed E-state index contributed by atoms with van der Waals surface area (Å²) in [6.45, 7) is 5.45. The number of nitrogens with zero attached hydrogens (tertiary/aromatic N) is 2. The van der Waals surface area contributed by atoms with E-state index in [-0.39, 0.29) is 0 Å². The molecule has 0 aliphatic heterocycles. The molecule has 108 valence electrons. The van der Waals surface area contributed by atoms with E-state index in [1.54, 1.807) is 0 Å². The third kappa shape index (κ3) is 3.48. The molecule has 1 N–H and O–H groups in total. The van der Waals surface area contributed by atoms with E-state index >= 15 is 0 Å². The maximum atomic E-state index is 4.47. The maximum Gasteiger partial charge on any atom is 0.113 e. The molecule has 0 bridgehead atoms. The van der Waals surface area contributed by atoms with Crippen LogP contribution in [-0.4, -0.2) is 16.6 Å². The van der Waals surface area contributed by atoms with Crippen molar-refractivity contribution in [2.24, 2.45) is 0 Å². The highest BCUT2D eigenvalue weighted by molar-refractivity contribution is 5.27. The van der Waals surface area contributed by atoms with E-state index in [0.717, 1.165) is 31.6 Å². The molecule has 2 aromatic rings. The van der Waals surface area contributed by atoms with Gasteiger partial charge >= 0.3 is 0 Å². The quantitative estimate of drug-likeness (QED) is 0.834. The molecule has 0 radical (unpaired) electrons. The Morgan fingerprint density at radius 3 is 2.55 bits per heavy atom. The fraction of sp³-hybridized carbons (Fsp3) is 0.471. The molecule has 0 saturated heterocycles. The van der Waals surface area contributed by atoms with Crippen LogP contribution in [0.3, 0.4) is 0 Å². The van der Waals surface area contributed by atoms with E-state index in [2.05, 4.69) is 59.2 Å². The molecule has 3 heteroatoms. The van der Waals surface area contributed by atoms with Crippen molar-refractivity contribution in [3.63, 3.8) is 0 Å². The molecule has 1 aromatic carbocycles. The first kappa shape index (κ1) is 14.8. The van der Waals surface area contributed by atoms with Gasteiger partial charge in [0.05, 0.1) is 0 Å². The number of hydrogen-bond donors (Lipinski definition) is 1. The summed E-state index contributed by atoms with van der Waals surface area (Å²) in [5.41, 5.74) is 2.68. The van der Waals surface area contributed by atoms with Crippen LogP contribution < -0.4 is 5.32 Å². The molecule has 0 amide bonds. The third-order valence-electron chi connectivity index (χ3n) is 3.77. The SMILES string of the molecule is CCCn1ccnc1Cc1ccc(C(CC)NC)cc1. The lowest BCUT2D eigenvalue weighted by Gasteiger charge is -2.14. The van der Waals surface area contributed by atoms with Crippen LogP contribution >= 0.6 is 0 Å². The highest BCUT2D eigenvalue weighted by Gasteiger charge is 2.07. The summed E-state index contributed by atoms with van der Waals surface area (Å²) >= 11 is 0. The predicted molar refractivity (Wildman–Crippen MR) is 83.9 cm³/mol. The van der Waals surface area contributed by atoms with Gasteiger partial charge in [-0.05, 0) is 31.0 Å². The van der Waals surface area contributed by atoms with Gasteiger partial charge < -0.3 is 9.88 Å². The third-order valence-corrected chi connectivity index (χ3v) is 3.77. The van der Waals surface area contributed by atoms with E-state index in [4.69, 9.17) is 0 Å². The normalized spacial score (nSPS) is 12.6. The minimum atomic E-state index is 0.450. The zero-order chi connectivity index (χ0) is 14.4. The molecular formula is C17H25N3. The monoisotopic (exact) mass is 271 g/mol. The van der Waals surface area contributed by atoms with E-state index in [1.807, 2.05) is 13.2 Å². The number of nitrogens with one attached hydrogen (secondary N) is 1. The van der Waals surface area contributed by atoms with Crippen molar-refractivity contribution in [1.29, 1.82) is 0 Å². The number of aryl methyl sites for hydroxylation is 1. The Morgan fingerprint density at radius 2 is 1.95 bits per heavy atom. The Morgan fingerprint density at radius 1 is 1.20 bits per heavy atom. The van der Waals surface area contributed by atoms with Crippen molar-refractivity contribution >= 4 is 0 Å². The van der Waals surface area contributed by atoms with Gasteiger partial charge in [0.2, 0.25) is 0 Å². The minimum Gasteiger partial charge on any atom is -0.335 e. The molecule has 3 nitrogen and oxygen atoms in total. The van der Waals surface area contributed by atoms with E-state index in [0.29, 0.717) is 6.04 Å². The first-order valence-electron chi connectivity index (χ1n) is 7.54. The number of hydrogen-bond acceptors (Lipinski definition) is 2. The molecule has 0 saturated carbocycles. The largest absolute Gasteiger partial charge is 0.335 e. The van der Waals surface area contributed by atoms with Crippen molar-refractivity contribution in [2.45, 2.75) is 45.7 Å². The van der Waals surface area contributed by atoms with Crippen LogP contribution in [0, 0.1) is 0 Å². The molecule has 1 heterocycles. The van der Waals surface area contributed by atoms with Gasteiger partial charge in [-0.2, -0.15) is 0 Å². The molecule has 1 unspecified atom stereocenters. The lowest BCUT2D eigenvalue weighted by atomic mass is 10.0. The van der Waals surface area contributed by atoms with Crippen LogP contribution in [-0.2, 0) is 13.0 Å². The summed E-state index contributed by atoms with van der Waals surface area (Å²) in [6.07, 6.45) is 7.12. The molecule has 1 atom stereocenters. The van der Waals surface area contributed by atoms with E-state index in [9.17, 15) is 0 Å². The van der Waals surface area contributed by atoms with Crippen molar-refractivity contribution in [2.75, 3.05) is 7.05 Å². The van der Waals surface area contributed by atoms with Gasteiger partial charge in [0.1, 0.15) is 5.82 Å². The number of rotatable bonds is 7. The lowest BCUT2D eigenvalue weighted by Crippen LogP contribution is -2.15. The highest BCUT2D eigenvalue weighted by Crippen LogP contribution is 2.18. The topological polar surface area (TPSA) is 29.9 Å². The molecule has 20 heavy (non-hydrogen) atoms. The number of aromatic nitrogens is 2. The Bertz CT molecular complexity index is 509. The van der Waals surface area contributed by atoms with E-state index in [1.165, 1.54) is 11.1 Å². The van der Waals surface area contributed by atoms with Crippen LogP contribution in [0.15, 0.2) is 36.7 Å². The Hall–Kier alpha value is -1.61. The van der Waals surface area contributed by atoms with Crippen molar-refractivity contribution in [1.82, 2.24) is 14.9 Å². The average molecular weight is 271 g/mol. The zero-order valence-corrected chi connectivity index (χ0v) is 12.8. The second kappa shape index (κ2) is 7.25. The van der Waals surface area contributed by atoms with E-state index < -0.39 is 0 Å². The summed E-state index contributed by atoms with van der Waals surface area (Å²) in [6, 6.07) is 9.35. The lowest BCUT2D eigenvalue weighted by molar-refractivity contribution is 0.576. The first-order chi connectivity index (χ1) is 9.78. The number of benzene rings is 1. The second-order valence-corrected chi connectivity index (χ2v) is 5.20. The summed E-state index contributed by atoms with van der Waals surface area (Å²) in [5, 5.41) is 3.34. The standard InChI is InChI=1S/C17H25N3/c1-4-11-20-12-10-19-17(20)13-14-6-8-15(9-7-14)16(5-2)18-3/h6-10,12,16,18H,4-5,11,13H2,1-3H3. The van der Waals surface area contributed by atoms with Crippen molar-refractivity contribution in [3.8, 4) is 0 Å². The summed E-state index contributed by atoms with van der Waals surface area (Å²) in [7, 11) is 2.02. The fourth-order valence-electron chi connectivity index (χ4n) is 2.61. The number of imidazole rings is 1. The molecular weight excluding hydrogens is 246 g/mol. The van der Waals surface area contributed by atoms with Crippen LogP contribution in [0.25, 0.3) is 0 Å². The summed E-state index contributed by atoms with van der Waals surface area (Å²) in [5.74, 6) is 1.15. The highest BCUT2D eigenvalue weighted by atomic mass is 15.1. The zero-order valence-electron chi connectivity index (χ0n) is 12.8. The molecule has 1 aromatic heterocycles. The molecule has 0 aliphatic carbocycles.